The van der Waals surface area contributed by atoms with E-state index in [0.717, 1.165) is 27.6 Å². The molecule has 21 heavy (non-hydrogen) atoms. The van der Waals surface area contributed by atoms with Gasteiger partial charge in [0.1, 0.15) is 5.58 Å². The van der Waals surface area contributed by atoms with Crippen LogP contribution in [-0.4, -0.2) is 0 Å². The summed E-state index contributed by atoms with van der Waals surface area (Å²) < 4.78 is 5.48. The van der Waals surface area contributed by atoms with Gasteiger partial charge in [-0.2, -0.15) is 0 Å². The van der Waals surface area contributed by atoms with Crippen molar-refractivity contribution in [3.05, 3.63) is 87.8 Å². The summed E-state index contributed by atoms with van der Waals surface area (Å²) in [6.07, 6.45) is 2.33. The Morgan fingerprint density at radius 2 is 1.90 bits per heavy atom. The molecule has 2 aromatic carbocycles. The van der Waals surface area contributed by atoms with E-state index >= 15 is 0 Å². The van der Waals surface area contributed by atoms with Gasteiger partial charge in [0.2, 0.25) is 0 Å². The summed E-state index contributed by atoms with van der Waals surface area (Å²) in [5.74, 6) is 0. The van der Waals surface area contributed by atoms with Gasteiger partial charge in [-0.25, -0.2) is 4.79 Å². The predicted molar refractivity (Wildman–Crippen MR) is 86.6 cm³/mol. The molecule has 0 bridgehead atoms. The van der Waals surface area contributed by atoms with Crippen LogP contribution in [0.1, 0.15) is 22.3 Å². The van der Waals surface area contributed by atoms with Crippen LogP contribution in [0.15, 0.2) is 64.3 Å². The first-order valence-electron chi connectivity index (χ1n) is 6.92. The number of benzene rings is 2. The Hall–Kier alpha value is -2.61. The topological polar surface area (TPSA) is 30.2 Å². The molecule has 0 atom stereocenters. The summed E-state index contributed by atoms with van der Waals surface area (Å²) in [5.41, 5.74) is 4.12. The highest BCUT2D eigenvalue weighted by atomic mass is 16.4. The average Bonchev–Trinajstić information content (AvgIpc) is 2.52. The maximum Gasteiger partial charge on any atom is 0.340 e. The first-order valence-corrected chi connectivity index (χ1v) is 6.92. The average molecular weight is 276 g/mol. The molecule has 1 aromatic heterocycles. The molecule has 1 heterocycles. The minimum atomic E-state index is -0.259. The molecule has 104 valence electrons. The molecule has 0 saturated heterocycles. The fourth-order valence-corrected chi connectivity index (χ4v) is 2.54. The second-order valence-corrected chi connectivity index (χ2v) is 5.12. The Morgan fingerprint density at radius 1 is 1.14 bits per heavy atom. The number of fused-ring (bicyclic) bond motifs is 1. The van der Waals surface area contributed by atoms with Crippen molar-refractivity contribution < 1.29 is 4.42 Å². The minimum Gasteiger partial charge on any atom is -0.422 e. The Bertz CT molecular complexity index is 858. The van der Waals surface area contributed by atoms with E-state index in [4.69, 9.17) is 4.42 Å². The van der Waals surface area contributed by atoms with Crippen molar-refractivity contribution in [1.82, 2.24) is 0 Å². The van der Waals surface area contributed by atoms with Crippen LogP contribution in [0.2, 0.25) is 0 Å². The maximum absolute atomic E-state index is 12.3. The Balaban J connectivity index is 2.16. The molecule has 0 saturated carbocycles. The second-order valence-electron chi connectivity index (χ2n) is 5.12. The van der Waals surface area contributed by atoms with E-state index in [1.165, 1.54) is 0 Å². The van der Waals surface area contributed by atoms with E-state index < -0.39 is 0 Å². The number of hydrogen-bond donors (Lipinski definition) is 0. The minimum absolute atomic E-state index is 0.259. The van der Waals surface area contributed by atoms with Gasteiger partial charge in [0.05, 0.1) is 0 Å². The molecule has 0 aliphatic heterocycles. The van der Waals surface area contributed by atoms with Crippen LogP contribution in [0.3, 0.4) is 0 Å². The van der Waals surface area contributed by atoms with Gasteiger partial charge >= 0.3 is 5.63 Å². The predicted octanol–water partition coefficient (Wildman–Crippen LogP) is 4.34. The smallest absolute Gasteiger partial charge is 0.340 e. The Morgan fingerprint density at radius 3 is 2.62 bits per heavy atom. The third-order valence-electron chi connectivity index (χ3n) is 3.77. The quantitative estimate of drug-likeness (QED) is 0.666. The first-order chi connectivity index (χ1) is 10.2. The van der Waals surface area contributed by atoms with Gasteiger partial charge in [-0.05, 0) is 29.7 Å². The summed E-state index contributed by atoms with van der Waals surface area (Å²) in [7, 11) is 0. The van der Waals surface area contributed by atoms with E-state index in [2.05, 4.69) is 6.58 Å². The molecule has 2 heteroatoms. The van der Waals surface area contributed by atoms with Gasteiger partial charge in [0, 0.05) is 17.4 Å². The van der Waals surface area contributed by atoms with Crippen molar-refractivity contribution in [3.8, 4) is 0 Å². The highest BCUT2D eigenvalue weighted by molar-refractivity contribution is 5.83. The molecule has 0 amide bonds. The van der Waals surface area contributed by atoms with Crippen molar-refractivity contribution in [2.24, 2.45) is 0 Å². The van der Waals surface area contributed by atoms with E-state index in [1.807, 2.05) is 55.5 Å². The van der Waals surface area contributed by atoms with Crippen molar-refractivity contribution in [2.45, 2.75) is 13.3 Å². The highest BCUT2D eigenvalue weighted by Gasteiger charge is 2.11. The van der Waals surface area contributed by atoms with Crippen molar-refractivity contribution in [1.29, 1.82) is 0 Å². The molecule has 0 fully saturated rings. The maximum atomic E-state index is 12.3. The lowest BCUT2D eigenvalue weighted by Gasteiger charge is -2.08. The van der Waals surface area contributed by atoms with Crippen LogP contribution < -0.4 is 5.63 Å². The fraction of sp³-hybridized carbons (Fsp3) is 0.105. The summed E-state index contributed by atoms with van der Waals surface area (Å²) in [6.45, 7) is 5.71. The lowest BCUT2D eigenvalue weighted by atomic mass is 9.99. The summed E-state index contributed by atoms with van der Waals surface area (Å²) in [4.78, 5) is 12.3. The molecule has 0 spiro atoms. The van der Waals surface area contributed by atoms with E-state index in [-0.39, 0.29) is 5.63 Å². The summed E-state index contributed by atoms with van der Waals surface area (Å²) >= 11 is 0. The molecular weight excluding hydrogens is 260 g/mol. The van der Waals surface area contributed by atoms with Gasteiger partial charge in [-0.15, -0.1) is 0 Å². The molecule has 3 rings (SSSR count). The van der Waals surface area contributed by atoms with Gasteiger partial charge in [0.15, 0.2) is 0 Å². The van der Waals surface area contributed by atoms with Crippen LogP contribution in [0.25, 0.3) is 17.0 Å². The molecule has 3 aromatic rings. The zero-order chi connectivity index (χ0) is 14.8. The standard InChI is InChI=1S/C19H16O2/c1-3-14-9-10-16-13(2)17(19(20)21-18(16)12-14)11-15-7-5-4-6-8-15/h3-10,12H,1,11H2,2H3. The zero-order valence-corrected chi connectivity index (χ0v) is 11.9. The second kappa shape index (κ2) is 5.41. The van der Waals surface area contributed by atoms with Crippen LogP contribution in [0.5, 0.6) is 0 Å². The molecular formula is C19H16O2. The lowest BCUT2D eigenvalue weighted by molar-refractivity contribution is 0.551. The van der Waals surface area contributed by atoms with Gasteiger partial charge in [-0.1, -0.05) is 55.1 Å². The summed E-state index contributed by atoms with van der Waals surface area (Å²) in [6, 6.07) is 15.8. The van der Waals surface area contributed by atoms with Crippen molar-refractivity contribution >= 4 is 17.0 Å². The highest BCUT2D eigenvalue weighted by Crippen LogP contribution is 2.22. The zero-order valence-electron chi connectivity index (χ0n) is 11.9. The van der Waals surface area contributed by atoms with Gasteiger partial charge < -0.3 is 4.42 Å². The van der Waals surface area contributed by atoms with E-state index in [9.17, 15) is 4.79 Å². The van der Waals surface area contributed by atoms with E-state index in [0.29, 0.717) is 12.0 Å². The summed E-state index contributed by atoms with van der Waals surface area (Å²) in [5, 5.41) is 0.978. The molecule has 0 N–H and O–H groups in total. The van der Waals surface area contributed by atoms with Crippen molar-refractivity contribution in [2.75, 3.05) is 0 Å². The third-order valence-corrected chi connectivity index (χ3v) is 3.77. The van der Waals surface area contributed by atoms with E-state index in [1.54, 1.807) is 6.08 Å². The Kier molecular flexibility index (Phi) is 3.44. The normalized spacial score (nSPS) is 10.7. The van der Waals surface area contributed by atoms with Crippen LogP contribution in [-0.2, 0) is 6.42 Å². The van der Waals surface area contributed by atoms with Crippen LogP contribution in [0.4, 0.5) is 0 Å². The monoisotopic (exact) mass is 276 g/mol. The molecule has 2 nitrogen and oxygen atoms in total. The molecule has 0 unspecified atom stereocenters. The SMILES string of the molecule is C=Cc1ccc2c(C)c(Cc3ccccc3)c(=O)oc2c1. The lowest BCUT2D eigenvalue weighted by Crippen LogP contribution is -2.10. The van der Waals surface area contributed by atoms with Crippen LogP contribution >= 0.6 is 0 Å². The third kappa shape index (κ3) is 2.52. The van der Waals surface area contributed by atoms with Crippen LogP contribution in [0, 0.1) is 6.92 Å². The molecule has 0 radical (unpaired) electrons. The Labute approximate surface area is 123 Å². The largest absolute Gasteiger partial charge is 0.422 e. The molecule has 0 aliphatic carbocycles. The fourth-order valence-electron chi connectivity index (χ4n) is 2.54. The first kappa shape index (κ1) is 13.4. The molecule has 0 aliphatic rings. The van der Waals surface area contributed by atoms with Gasteiger partial charge in [-0.3, -0.25) is 0 Å². The number of hydrogen-bond acceptors (Lipinski definition) is 2. The number of rotatable bonds is 3. The van der Waals surface area contributed by atoms with Gasteiger partial charge in [0.25, 0.3) is 0 Å². The number of aryl methyl sites for hydroxylation is 1. The van der Waals surface area contributed by atoms with Crippen molar-refractivity contribution in [3.63, 3.8) is 0 Å².